The third-order valence-electron chi connectivity index (χ3n) is 4.32. The van der Waals surface area contributed by atoms with Crippen LogP contribution in [0.2, 0.25) is 0 Å². The number of amides is 1. The number of benzene rings is 1. The lowest BCUT2D eigenvalue weighted by molar-refractivity contribution is 0.0947. The Balaban J connectivity index is 1.58. The van der Waals surface area contributed by atoms with Crippen LogP contribution in [0.4, 0.5) is 0 Å². The first kappa shape index (κ1) is 15.6. The van der Waals surface area contributed by atoms with Crippen LogP contribution < -0.4 is 5.32 Å². The Bertz CT molecular complexity index is 654. The lowest BCUT2D eigenvalue weighted by Gasteiger charge is -2.20. The molecule has 1 aromatic heterocycles. The smallest absolute Gasteiger partial charge is 0.251 e. The van der Waals surface area contributed by atoms with Gasteiger partial charge in [0, 0.05) is 24.7 Å². The largest absolute Gasteiger partial charge is 0.352 e. The maximum atomic E-state index is 12.4. The molecule has 1 saturated heterocycles. The lowest BCUT2D eigenvalue weighted by Crippen LogP contribution is -2.33. The first-order valence-electron chi connectivity index (χ1n) is 7.99. The molecule has 1 aromatic carbocycles. The lowest BCUT2D eigenvalue weighted by atomic mass is 10.1. The molecule has 1 amide bonds. The van der Waals surface area contributed by atoms with Gasteiger partial charge in [-0.1, -0.05) is 6.07 Å². The zero-order chi connectivity index (χ0) is 16.2. The predicted molar refractivity (Wildman–Crippen MR) is 86.3 cm³/mol. The van der Waals surface area contributed by atoms with Crippen molar-refractivity contribution in [2.24, 2.45) is 5.92 Å². The average molecular weight is 314 g/mol. The predicted octanol–water partition coefficient (Wildman–Crippen LogP) is 1.12. The first-order chi connectivity index (χ1) is 11.1. The molecule has 0 radical (unpaired) electrons. The van der Waals surface area contributed by atoms with Crippen molar-refractivity contribution < 1.29 is 4.79 Å². The van der Waals surface area contributed by atoms with E-state index in [1.807, 2.05) is 12.1 Å². The Morgan fingerprint density at radius 2 is 2.30 bits per heavy atom. The number of hydrogen-bond acceptors (Lipinski definition) is 5. The first-order valence-corrected chi connectivity index (χ1v) is 7.99. The van der Waals surface area contributed by atoms with Gasteiger partial charge in [-0.3, -0.25) is 4.79 Å². The van der Waals surface area contributed by atoms with Gasteiger partial charge in [0.15, 0.2) is 0 Å². The number of nitrogens with zero attached hydrogens (tertiary/aromatic N) is 5. The summed E-state index contributed by atoms with van der Waals surface area (Å²) in [5.41, 5.74) is 1.39. The van der Waals surface area contributed by atoms with E-state index >= 15 is 0 Å². The van der Waals surface area contributed by atoms with Crippen LogP contribution in [0.3, 0.4) is 0 Å². The van der Waals surface area contributed by atoms with Gasteiger partial charge in [0.05, 0.1) is 5.69 Å². The number of carbonyl (C=O) groups is 1. The van der Waals surface area contributed by atoms with Gasteiger partial charge in [0.2, 0.25) is 0 Å². The van der Waals surface area contributed by atoms with E-state index in [1.54, 1.807) is 12.1 Å². The molecule has 7 heteroatoms. The average Bonchev–Trinajstić information content (AvgIpc) is 3.24. The normalized spacial score (nSPS) is 18.5. The van der Waals surface area contributed by atoms with Gasteiger partial charge in [-0.15, -0.1) is 5.10 Å². The Kier molecular flexibility index (Phi) is 4.66. The van der Waals surface area contributed by atoms with Crippen LogP contribution in [0.15, 0.2) is 30.6 Å². The van der Waals surface area contributed by atoms with Crippen LogP contribution in [-0.2, 0) is 0 Å². The second-order valence-corrected chi connectivity index (χ2v) is 6.26. The molecule has 0 saturated carbocycles. The molecule has 1 atom stereocenters. The van der Waals surface area contributed by atoms with E-state index < -0.39 is 0 Å². The quantitative estimate of drug-likeness (QED) is 0.895. The molecule has 7 nitrogen and oxygen atoms in total. The monoisotopic (exact) mass is 314 g/mol. The summed E-state index contributed by atoms with van der Waals surface area (Å²) in [6, 6.07) is 7.87. The zero-order valence-corrected chi connectivity index (χ0v) is 13.5. The summed E-state index contributed by atoms with van der Waals surface area (Å²) >= 11 is 0. The number of carbonyl (C=O) groups excluding carboxylic acids is 1. The highest BCUT2D eigenvalue weighted by Crippen LogP contribution is 2.18. The van der Waals surface area contributed by atoms with Gasteiger partial charge in [-0.05, 0) is 61.4 Å². The van der Waals surface area contributed by atoms with Crippen molar-refractivity contribution in [3.63, 3.8) is 0 Å². The van der Waals surface area contributed by atoms with Gasteiger partial charge in [-0.25, -0.2) is 4.68 Å². The SMILES string of the molecule is CC(C)N1CC[C@H](CNC(=O)c2cccc(-n3cnnn3)c2)C1. The van der Waals surface area contributed by atoms with Crippen LogP contribution >= 0.6 is 0 Å². The van der Waals surface area contributed by atoms with Crippen molar-refractivity contribution in [2.45, 2.75) is 26.3 Å². The Morgan fingerprint density at radius 3 is 3.00 bits per heavy atom. The fourth-order valence-electron chi connectivity index (χ4n) is 2.91. The van der Waals surface area contributed by atoms with Gasteiger partial charge in [-0.2, -0.15) is 0 Å². The van der Waals surface area contributed by atoms with Crippen molar-refractivity contribution in [2.75, 3.05) is 19.6 Å². The van der Waals surface area contributed by atoms with Crippen LogP contribution in [0.25, 0.3) is 5.69 Å². The standard InChI is InChI=1S/C16H22N6O/c1-12(2)21-7-6-13(10-21)9-17-16(23)14-4-3-5-15(8-14)22-11-18-19-20-22/h3-5,8,11-13H,6-7,9-10H2,1-2H3,(H,17,23)/t13-/m1/s1. The van der Waals surface area contributed by atoms with Crippen LogP contribution in [0.5, 0.6) is 0 Å². The summed E-state index contributed by atoms with van der Waals surface area (Å²) in [4.78, 5) is 14.8. The van der Waals surface area contributed by atoms with E-state index in [0.717, 1.165) is 31.7 Å². The molecular weight excluding hydrogens is 292 g/mol. The fraction of sp³-hybridized carbons (Fsp3) is 0.500. The van der Waals surface area contributed by atoms with E-state index in [4.69, 9.17) is 0 Å². The highest BCUT2D eigenvalue weighted by molar-refractivity contribution is 5.94. The minimum atomic E-state index is -0.0529. The molecule has 0 bridgehead atoms. The highest BCUT2D eigenvalue weighted by atomic mass is 16.1. The van der Waals surface area contributed by atoms with Crippen molar-refractivity contribution in [1.29, 1.82) is 0 Å². The fourth-order valence-corrected chi connectivity index (χ4v) is 2.91. The Hall–Kier alpha value is -2.28. The summed E-state index contributed by atoms with van der Waals surface area (Å²) in [6.45, 7) is 7.32. The molecule has 0 unspecified atom stereocenters. The molecule has 1 fully saturated rings. The van der Waals surface area contributed by atoms with Crippen molar-refractivity contribution in [3.05, 3.63) is 36.2 Å². The zero-order valence-electron chi connectivity index (χ0n) is 13.5. The summed E-state index contributed by atoms with van der Waals surface area (Å²) in [5, 5.41) is 14.1. The van der Waals surface area contributed by atoms with E-state index in [2.05, 4.69) is 39.6 Å². The minimum absolute atomic E-state index is 0.0529. The number of likely N-dealkylation sites (tertiary alicyclic amines) is 1. The molecule has 23 heavy (non-hydrogen) atoms. The van der Waals surface area contributed by atoms with Crippen molar-refractivity contribution in [3.8, 4) is 5.69 Å². The number of hydrogen-bond donors (Lipinski definition) is 1. The van der Waals surface area contributed by atoms with Gasteiger partial charge in [0.1, 0.15) is 6.33 Å². The number of aromatic nitrogens is 4. The van der Waals surface area contributed by atoms with Crippen LogP contribution in [-0.4, -0.2) is 56.7 Å². The molecule has 1 N–H and O–H groups in total. The third-order valence-corrected chi connectivity index (χ3v) is 4.32. The molecule has 2 heterocycles. The van der Waals surface area contributed by atoms with E-state index in [1.165, 1.54) is 11.0 Å². The van der Waals surface area contributed by atoms with E-state index in [9.17, 15) is 4.79 Å². The molecule has 3 rings (SSSR count). The van der Waals surface area contributed by atoms with Crippen molar-refractivity contribution in [1.82, 2.24) is 30.4 Å². The number of rotatable bonds is 5. The molecule has 122 valence electrons. The van der Waals surface area contributed by atoms with Crippen LogP contribution in [0.1, 0.15) is 30.6 Å². The van der Waals surface area contributed by atoms with Gasteiger partial charge < -0.3 is 10.2 Å². The second-order valence-electron chi connectivity index (χ2n) is 6.26. The molecule has 2 aromatic rings. The minimum Gasteiger partial charge on any atom is -0.352 e. The molecule has 0 spiro atoms. The number of tetrazole rings is 1. The summed E-state index contributed by atoms with van der Waals surface area (Å²) in [5.74, 6) is 0.479. The molecular formula is C16H22N6O. The van der Waals surface area contributed by atoms with Gasteiger partial charge >= 0.3 is 0 Å². The van der Waals surface area contributed by atoms with Crippen LogP contribution in [0, 0.1) is 5.92 Å². The molecule has 0 aliphatic carbocycles. The summed E-state index contributed by atoms with van der Waals surface area (Å²) < 4.78 is 1.54. The van der Waals surface area contributed by atoms with E-state index in [0.29, 0.717) is 17.5 Å². The summed E-state index contributed by atoms with van der Waals surface area (Å²) in [7, 11) is 0. The van der Waals surface area contributed by atoms with Crippen molar-refractivity contribution >= 4 is 5.91 Å². The molecule has 1 aliphatic rings. The molecule has 1 aliphatic heterocycles. The Labute approximate surface area is 135 Å². The number of nitrogens with one attached hydrogen (secondary N) is 1. The topological polar surface area (TPSA) is 75.9 Å². The summed E-state index contributed by atoms with van der Waals surface area (Å²) in [6.07, 6.45) is 2.65. The highest BCUT2D eigenvalue weighted by Gasteiger charge is 2.24. The Morgan fingerprint density at radius 1 is 1.43 bits per heavy atom. The second kappa shape index (κ2) is 6.87. The van der Waals surface area contributed by atoms with Gasteiger partial charge in [0.25, 0.3) is 5.91 Å². The third kappa shape index (κ3) is 3.73. The maximum Gasteiger partial charge on any atom is 0.251 e. The van der Waals surface area contributed by atoms with E-state index in [-0.39, 0.29) is 5.91 Å². The maximum absolute atomic E-state index is 12.4.